The summed E-state index contributed by atoms with van der Waals surface area (Å²) in [7, 11) is 0. The first-order chi connectivity index (χ1) is 22.5. The number of fused-ring (bicyclic) bond motifs is 7. The van der Waals surface area contributed by atoms with E-state index in [1.54, 1.807) is 36.4 Å². The van der Waals surface area contributed by atoms with Gasteiger partial charge in [0.25, 0.3) is 11.8 Å². The number of imide groups is 1. The summed E-state index contributed by atoms with van der Waals surface area (Å²) in [4.78, 5) is 28.7. The van der Waals surface area contributed by atoms with Crippen LogP contribution in [0.25, 0.3) is 55.0 Å². The van der Waals surface area contributed by atoms with Gasteiger partial charge < -0.3 is 9.13 Å². The number of rotatable bonds is 3. The topological polar surface area (TPSA) is 71.0 Å². The number of carbonyl (C=O) groups is 2. The van der Waals surface area contributed by atoms with E-state index >= 15 is 0 Å². The minimum atomic E-state index is -0.402. The van der Waals surface area contributed by atoms with E-state index < -0.39 is 11.8 Å². The van der Waals surface area contributed by atoms with Crippen LogP contribution >= 0.6 is 0 Å². The molecule has 0 radical (unpaired) electrons. The molecule has 2 amide bonds. The lowest BCUT2D eigenvalue weighted by atomic mass is 10.1. The van der Waals surface area contributed by atoms with Crippen molar-refractivity contribution in [2.75, 3.05) is 4.90 Å². The van der Waals surface area contributed by atoms with Crippen molar-refractivity contribution in [2.45, 2.75) is 6.92 Å². The molecule has 2 aromatic heterocycles. The van der Waals surface area contributed by atoms with E-state index in [1.807, 2.05) is 18.2 Å². The Kier molecular flexibility index (Phi) is 5.38. The van der Waals surface area contributed by atoms with E-state index in [-0.39, 0.29) is 0 Å². The van der Waals surface area contributed by atoms with Crippen molar-refractivity contribution in [1.29, 1.82) is 5.26 Å². The number of nitrogens with zero attached hydrogens (tertiary/aromatic N) is 4. The number of anilines is 1. The largest absolute Gasteiger partial charge is 0.309 e. The van der Waals surface area contributed by atoms with Crippen LogP contribution in [0, 0.1) is 18.3 Å². The van der Waals surface area contributed by atoms with Crippen molar-refractivity contribution in [1.82, 2.24) is 9.13 Å². The number of nitriles is 1. The van der Waals surface area contributed by atoms with E-state index in [9.17, 15) is 14.9 Å². The molecule has 0 aliphatic carbocycles. The Bertz CT molecular complexity index is 2620. The Balaban J connectivity index is 1.38. The minimum Gasteiger partial charge on any atom is -0.309 e. The Morgan fingerprint density at radius 1 is 0.522 bits per heavy atom. The van der Waals surface area contributed by atoms with Crippen molar-refractivity contribution >= 4 is 61.1 Å². The van der Waals surface area contributed by atoms with Gasteiger partial charge in [0.1, 0.15) is 0 Å². The van der Waals surface area contributed by atoms with Crippen LogP contribution in [0.15, 0.2) is 127 Å². The van der Waals surface area contributed by atoms with Gasteiger partial charge in [0.2, 0.25) is 0 Å². The zero-order valence-electron chi connectivity index (χ0n) is 24.7. The molecule has 1 aliphatic heterocycles. The normalized spacial score (nSPS) is 12.9. The molecule has 3 heterocycles. The first-order valence-electron chi connectivity index (χ1n) is 15.1. The number of aromatic nitrogens is 2. The first-order valence-corrected chi connectivity index (χ1v) is 15.1. The van der Waals surface area contributed by atoms with Gasteiger partial charge in [0, 0.05) is 27.2 Å². The summed E-state index contributed by atoms with van der Waals surface area (Å²) < 4.78 is 4.42. The van der Waals surface area contributed by atoms with E-state index in [2.05, 4.69) is 94.9 Å². The van der Waals surface area contributed by atoms with Gasteiger partial charge in [-0.3, -0.25) is 9.59 Å². The Morgan fingerprint density at radius 2 is 1.07 bits per heavy atom. The molecule has 9 rings (SSSR count). The van der Waals surface area contributed by atoms with Gasteiger partial charge in [0.15, 0.2) is 0 Å². The van der Waals surface area contributed by atoms with E-state index in [0.717, 1.165) is 49.3 Å². The molecule has 216 valence electrons. The van der Waals surface area contributed by atoms with E-state index in [1.165, 1.54) is 10.5 Å². The minimum absolute atomic E-state index is 0.355. The van der Waals surface area contributed by atoms with Crippen molar-refractivity contribution in [3.05, 3.63) is 150 Å². The predicted molar refractivity (Wildman–Crippen MR) is 182 cm³/mol. The van der Waals surface area contributed by atoms with Crippen LogP contribution in [-0.2, 0) is 0 Å². The number of carbonyl (C=O) groups excluding carboxylic acids is 2. The predicted octanol–water partition coefficient (Wildman–Crippen LogP) is 8.86. The SMILES string of the molecule is Cc1ccc(-n2c3ccccc3c3cc4c(cc32)c2ccccc2n4-c2ccc(C#N)cc2N2C(=O)c3ccccc3C2=O)cc1. The van der Waals surface area contributed by atoms with Crippen molar-refractivity contribution in [3.8, 4) is 17.4 Å². The van der Waals surface area contributed by atoms with E-state index in [0.29, 0.717) is 28.1 Å². The highest BCUT2D eigenvalue weighted by Crippen LogP contribution is 2.42. The summed E-state index contributed by atoms with van der Waals surface area (Å²) in [5, 5.41) is 14.1. The highest BCUT2D eigenvalue weighted by atomic mass is 16.2. The summed E-state index contributed by atoms with van der Waals surface area (Å²) in [6.45, 7) is 2.09. The molecule has 0 saturated carbocycles. The van der Waals surface area contributed by atoms with Crippen molar-refractivity contribution in [2.24, 2.45) is 0 Å². The Morgan fingerprint density at radius 3 is 1.67 bits per heavy atom. The molecule has 8 aromatic rings. The van der Waals surface area contributed by atoms with Gasteiger partial charge in [0.05, 0.1) is 56.2 Å². The number of aryl methyl sites for hydroxylation is 1. The molecule has 0 fully saturated rings. The number of hydrogen-bond acceptors (Lipinski definition) is 3. The number of hydrogen-bond donors (Lipinski definition) is 0. The van der Waals surface area contributed by atoms with E-state index in [4.69, 9.17) is 0 Å². The smallest absolute Gasteiger partial charge is 0.266 e. The fourth-order valence-corrected chi connectivity index (χ4v) is 7.03. The fraction of sp³-hybridized carbons (Fsp3) is 0.0250. The molecule has 6 heteroatoms. The van der Waals surface area contributed by atoms with Crippen LogP contribution in [-0.4, -0.2) is 20.9 Å². The summed E-state index contributed by atoms with van der Waals surface area (Å²) in [6, 6.07) is 43.9. The van der Waals surface area contributed by atoms with Gasteiger partial charge in [-0.1, -0.05) is 66.2 Å². The highest BCUT2D eigenvalue weighted by Gasteiger charge is 2.38. The Labute approximate surface area is 263 Å². The van der Waals surface area contributed by atoms with Crippen LogP contribution in [0.3, 0.4) is 0 Å². The molecule has 46 heavy (non-hydrogen) atoms. The molecule has 1 aliphatic rings. The summed E-state index contributed by atoms with van der Waals surface area (Å²) in [5.74, 6) is -0.803. The monoisotopic (exact) mass is 592 g/mol. The third-order valence-electron chi connectivity index (χ3n) is 9.14. The molecule has 0 unspecified atom stereocenters. The Hall–Kier alpha value is -6.45. The second-order valence-corrected chi connectivity index (χ2v) is 11.7. The molecule has 0 bridgehead atoms. The highest BCUT2D eigenvalue weighted by molar-refractivity contribution is 6.35. The lowest BCUT2D eigenvalue weighted by Gasteiger charge is -2.20. The fourth-order valence-electron chi connectivity index (χ4n) is 7.03. The molecular weight excluding hydrogens is 568 g/mol. The second kappa shape index (κ2) is 9.52. The maximum absolute atomic E-state index is 13.7. The maximum Gasteiger partial charge on any atom is 0.266 e. The third-order valence-corrected chi connectivity index (χ3v) is 9.14. The van der Waals surface area contributed by atoms with Gasteiger partial charge in [-0.25, -0.2) is 4.90 Å². The maximum atomic E-state index is 13.7. The number of amides is 2. The zero-order valence-corrected chi connectivity index (χ0v) is 24.7. The number of para-hydroxylation sites is 2. The lowest BCUT2D eigenvalue weighted by molar-refractivity contribution is 0.0926. The van der Waals surface area contributed by atoms with Gasteiger partial charge in [-0.2, -0.15) is 5.26 Å². The average Bonchev–Trinajstić information content (AvgIpc) is 3.68. The van der Waals surface area contributed by atoms with Crippen LogP contribution in [0.4, 0.5) is 5.69 Å². The molecule has 6 nitrogen and oxygen atoms in total. The van der Waals surface area contributed by atoms with Crippen LogP contribution in [0.1, 0.15) is 31.8 Å². The molecule has 0 atom stereocenters. The first kappa shape index (κ1) is 26.0. The van der Waals surface area contributed by atoms with Crippen molar-refractivity contribution in [3.63, 3.8) is 0 Å². The zero-order chi connectivity index (χ0) is 31.1. The van der Waals surface area contributed by atoms with Crippen LogP contribution < -0.4 is 4.90 Å². The summed E-state index contributed by atoms with van der Waals surface area (Å²) in [5.41, 5.74) is 8.42. The number of benzene rings is 6. The van der Waals surface area contributed by atoms with Crippen LogP contribution in [0.5, 0.6) is 0 Å². The molecule has 0 N–H and O–H groups in total. The average molecular weight is 593 g/mol. The molecule has 0 spiro atoms. The van der Waals surface area contributed by atoms with Gasteiger partial charge in [-0.15, -0.1) is 0 Å². The van der Waals surface area contributed by atoms with Crippen LogP contribution in [0.2, 0.25) is 0 Å². The quantitative estimate of drug-likeness (QED) is 0.192. The molecule has 6 aromatic carbocycles. The molecular formula is C40H24N4O2. The third kappa shape index (κ3) is 3.51. The lowest BCUT2D eigenvalue weighted by Crippen LogP contribution is -2.30. The van der Waals surface area contributed by atoms with Gasteiger partial charge >= 0.3 is 0 Å². The van der Waals surface area contributed by atoms with Crippen molar-refractivity contribution < 1.29 is 9.59 Å². The standard InChI is InChI=1S/C40H24N4O2/c1-24-14-17-26(18-15-24)42-33-12-6-4-8-27(33)31-22-37-32(21-36(31)42)28-9-5-7-13-34(28)43(37)35-19-16-25(23-41)20-38(35)44-39(45)29-10-2-3-11-30(29)40(44)46/h2-22H,1H3. The summed E-state index contributed by atoms with van der Waals surface area (Å²) in [6.07, 6.45) is 0. The second-order valence-electron chi connectivity index (χ2n) is 11.7. The summed E-state index contributed by atoms with van der Waals surface area (Å²) >= 11 is 0. The molecule has 0 saturated heterocycles. The van der Waals surface area contributed by atoms with Gasteiger partial charge in [-0.05, 0) is 73.7 Å².